The van der Waals surface area contributed by atoms with Crippen LogP contribution in [0.25, 0.3) is 5.65 Å². The van der Waals surface area contributed by atoms with Crippen molar-refractivity contribution in [3.05, 3.63) is 83.0 Å². The van der Waals surface area contributed by atoms with Crippen LogP contribution in [-0.2, 0) is 11.3 Å². The molecule has 0 spiro atoms. The molecule has 168 valence electrons. The third-order valence-corrected chi connectivity index (χ3v) is 5.94. The molecule has 10 heteroatoms. The monoisotopic (exact) mass is 481 g/mol. The van der Waals surface area contributed by atoms with Gasteiger partial charge in [0, 0.05) is 18.4 Å². The van der Waals surface area contributed by atoms with E-state index in [1.807, 2.05) is 30.3 Å². The first-order valence-electron chi connectivity index (χ1n) is 9.96. The van der Waals surface area contributed by atoms with Crippen molar-refractivity contribution in [2.75, 3.05) is 18.2 Å². The molecule has 0 saturated heterocycles. The fourth-order valence-corrected chi connectivity index (χ4v) is 4.03. The Bertz CT molecular complexity index is 1300. The summed E-state index contributed by atoms with van der Waals surface area (Å²) in [6, 6.07) is 18.1. The number of thioether (sulfide) groups is 1. The van der Waals surface area contributed by atoms with Crippen molar-refractivity contribution in [1.29, 1.82) is 0 Å². The molecule has 0 saturated carbocycles. The summed E-state index contributed by atoms with van der Waals surface area (Å²) in [6.07, 6.45) is 1.67. The molecule has 0 atom stereocenters. The van der Waals surface area contributed by atoms with E-state index in [1.165, 1.54) is 18.9 Å². The summed E-state index contributed by atoms with van der Waals surface area (Å²) < 4.78 is 6.81. The highest BCUT2D eigenvalue weighted by Crippen LogP contribution is 2.27. The van der Waals surface area contributed by atoms with E-state index in [-0.39, 0.29) is 17.6 Å². The van der Waals surface area contributed by atoms with Crippen LogP contribution in [0.4, 0.5) is 5.69 Å². The van der Waals surface area contributed by atoms with Crippen molar-refractivity contribution in [3.8, 4) is 5.75 Å². The number of hydrogen-bond acceptors (Lipinski definition) is 6. The lowest BCUT2D eigenvalue weighted by molar-refractivity contribution is -0.113. The van der Waals surface area contributed by atoms with Crippen molar-refractivity contribution in [2.24, 2.45) is 0 Å². The smallest absolute Gasteiger partial charge is 0.253 e. The molecule has 0 unspecified atom stereocenters. The number of nitrogens with one attached hydrogen (secondary N) is 2. The molecule has 0 aliphatic rings. The minimum Gasteiger partial charge on any atom is -0.495 e. The molecular weight excluding hydrogens is 462 g/mol. The van der Waals surface area contributed by atoms with Crippen LogP contribution in [-0.4, -0.2) is 39.3 Å². The molecule has 4 rings (SSSR count). The highest BCUT2D eigenvalue weighted by atomic mass is 35.5. The number of halogens is 1. The van der Waals surface area contributed by atoms with Crippen LogP contribution in [0.2, 0.25) is 5.02 Å². The topological polar surface area (TPSA) is 97.6 Å². The summed E-state index contributed by atoms with van der Waals surface area (Å²) in [5.41, 5.74) is 2.63. The zero-order valence-corrected chi connectivity index (χ0v) is 19.2. The number of fused-ring (bicyclic) bond motifs is 1. The third kappa shape index (κ3) is 5.63. The van der Waals surface area contributed by atoms with E-state index in [0.29, 0.717) is 39.4 Å². The second kappa shape index (κ2) is 10.4. The van der Waals surface area contributed by atoms with E-state index in [1.54, 1.807) is 40.9 Å². The standard InChI is InChI=1S/C23H20ClN5O3S/c1-32-19-9-8-17(11-18(19)24)26-21(30)14-33-23-28-27-20-10-7-16(13-29(20)23)22(31)25-12-15-5-3-2-4-6-15/h2-11,13H,12,14H2,1H3,(H,25,31)(H,26,30). The first-order valence-corrected chi connectivity index (χ1v) is 11.3. The predicted octanol–water partition coefficient (Wildman–Crippen LogP) is 4.05. The van der Waals surface area contributed by atoms with E-state index in [0.717, 1.165) is 5.56 Å². The van der Waals surface area contributed by atoms with Gasteiger partial charge in [-0.1, -0.05) is 53.7 Å². The molecule has 0 aliphatic heterocycles. The molecule has 2 N–H and O–H groups in total. The number of aromatic nitrogens is 3. The zero-order chi connectivity index (χ0) is 23.2. The quantitative estimate of drug-likeness (QED) is 0.368. The Morgan fingerprint density at radius 2 is 1.91 bits per heavy atom. The van der Waals surface area contributed by atoms with Gasteiger partial charge in [-0.2, -0.15) is 0 Å². The van der Waals surface area contributed by atoms with Crippen LogP contribution in [0.5, 0.6) is 5.75 Å². The maximum atomic E-state index is 12.6. The lowest BCUT2D eigenvalue weighted by atomic mass is 10.2. The van der Waals surface area contributed by atoms with Gasteiger partial charge in [-0.15, -0.1) is 10.2 Å². The van der Waals surface area contributed by atoms with Crippen molar-refractivity contribution < 1.29 is 14.3 Å². The van der Waals surface area contributed by atoms with Gasteiger partial charge in [0.05, 0.1) is 23.4 Å². The van der Waals surface area contributed by atoms with Crippen molar-refractivity contribution in [1.82, 2.24) is 19.9 Å². The average Bonchev–Trinajstić information content (AvgIpc) is 3.24. The number of ether oxygens (including phenoxy) is 1. The Labute approximate surface area is 199 Å². The van der Waals surface area contributed by atoms with Gasteiger partial charge in [0.2, 0.25) is 5.91 Å². The van der Waals surface area contributed by atoms with Gasteiger partial charge in [0.1, 0.15) is 5.75 Å². The third-order valence-electron chi connectivity index (χ3n) is 4.70. The molecule has 0 radical (unpaired) electrons. The number of anilines is 1. The molecule has 0 bridgehead atoms. The molecular formula is C23H20ClN5O3S. The lowest BCUT2D eigenvalue weighted by Crippen LogP contribution is -2.23. The maximum Gasteiger partial charge on any atom is 0.253 e. The first kappa shape index (κ1) is 22.6. The van der Waals surface area contributed by atoms with Crippen LogP contribution in [0.3, 0.4) is 0 Å². The van der Waals surface area contributed by atoms with E-state index in [4.69, 9.17) is 16.3 Å². The fraction of sp³-hybridized carbons (Fsp3) is 0.130. The molecule has 33 heavy (non-hydrogen) atoms. The SMILES string of the molecule is COc1ccc(NC(=O)CSc2nnc3ccc(C(=O)NCc4ccccc4)cn23)cc1Cl. The molecule has 2 aromatic carbocycles. The molecule has 4 aromatic rings. The van der Waals surface area contributed by atoms with Gasteiger partial charge in [-0.3, -0.25) is 14.0 Å². The van der Waals surface area contributed by atoms with Gasteiger partial charge >= 0.3 is 0 Å². The minimum absolute atomic E-state index is 0.106. The van der Waals surface area contributed by atoms with Gasteiger partial charge in [0.25, 0.3) is 5.91 Å². The number of hydrogen-bond donors (Lipinski definition) is 2. The van der Waals surface area contributed by atoms with Crippen LogP contribution in [0.1, 0.15) is 15.9 Å². The second-order valence-electron chi connectivity index (χ2n) is 6.98. The van der Waals surface area contributed by atoms with Crippen molar-refractivity contribution >= 4 is 46.5 Å². The number of rotatable bonds is 8. The van der Waals surface area contributed by atoms with Crippen LogP contribution < -0.4 is 15.4 Å². The van der Waals surface area contributed by atoms with Gasteiger partial charge in [-0.25, -0.2) is 0 Å². The summed E-state index contributed by atoms with van der Waals surface area (Å²) >= 11 is 7.31. The Hall–Kier alpha value is -3.56. The van der Waals surface area contributed by atoms with E-state index in [2.05, 4.69) is 20.8 Å². The number of carbonyl (C=O) groups is 2. The molecule has 0 aliphatic carbocycles. The summed E-state index contributed by atoms with van der Waals surface area (Å²) in [4.78, 5) is 25.0. The number of methoxy groups -OCH3 is 1. The van der Waals surface area contributed by atoms with Gasteiger partial charge in [-0.05, 0) is 35.9 Å². The van der Waals surface area contributed by atoms with Gasteiger partial charge < -0.3 is 15.4 Å². The highest BCUT2D eigenvalue weighted by molar-refractivity contribution is 7.99. The van der Waals surface area contributed by atoms with Crippen LogP contribution >= 0.6 is 23.4 Å². The number of nitrogens with zero attached hydrogens (tertiary/aromatic N) is 3. The normalized spacial score (nSPS) is 10.7. The zero-order valence-electron chi connectivity index (χ0n) is 17.6. The van der Waals surface area contributed by atoms with Crippen molar-refractivity contribution in [3.63, 3.8) is 0 Å². The van der Waals surface area contributed by atoms with Gasteiger partial charge in [0.15, 0.2) is 10.8 Å². The van der Waals surface area contributed by atoms with E-state index < -0.39 is 0 Å². The number of carbonyl (C=O) groups excluding carboxylic acids is 2. The lowest BCUT2D eigenvalue weighted by Gasteiger charge is -2.08. The summed E-state index contributed by atoms with van der Waals surface area (Å²) in [7, 11) is 1.53. The van der Waals surface area contributed by atoms with E-state index in [9.17, 15) is 9.59 Å². The number of benzene rings is 2. The minimum atomic E-state index is -0.227. The highest BCUT2D eigenvalue weighted by Gasteiger charge is 2.13. The summed E-state index contributed by atoms with van der Waals surface area (Å²) in [5, 5.41) is 14.8. The van der Waals surface area contributed by atoms with Crippen molar-refractivity contribution in [2.45, 2.75) is 11.7 Å². The molecule has 2 heterocycles. The average molecular weight is 482 g/mol. The molecule has 2 amide bonds. The van der Waals surface area contributed by atoms with E-state index >= 15 is 0 Å². The first-order chi connectivity index (χ1) is 16.0. The Balaban J connectivity index is 1.39. The summed E-state index contributed by atoms with van der Waals surface area (Å²) in [6.45, 7) is 0.428. The number of amides is 2. The summed E-state index contributed by atoms with van der Waals surface area (Å²) in [5.74, 6) is 0.200. The van der Waals surface area contributed by atoms with Crippen LogP contribution in [0, 0.1) is 0 Å². The Kier molecular flexibility index (Phi) is 7.11. The molecule has 2 aromatic heterocycles. The number of pyridine rings is 1. The molecule has 0 fully saturated rings. The fourth-order valence-electron chi connectivity index (χ4n) is 3.05. The largest absolute Gasteiger partial charge is 0.495 e. The maximum absolute atomic E-state index is 12.6. The van der Waals surface area contributed by atoms with Crippen LogP contribution in [0.15, 0.2) is 72.0 Å². The predicted molar refractivity (Wildman–Crippen MR) is 128 cm³/mol. The Morgan fingerprint density at radius 1 is 1.09 bits per heavy atom. The molecule has 8 nitrogen and oxygen atoms in total. The second-order valence-corrected chi connectivity index (χ2v) is 8.33. The Morgan fingerprint density at radius 3 is 2.67 bits per heavy atom.